The van der Waals surface area contributed by atoms with Crippen molar-refractivity contribution in [2.24, 2.45) is 0 Å². The smallest absolute Gasteiger partial charge is 0.231 e. The topological polar surface area (TPSA) is 41.9 Å². The second-order valence-corrected chi connectivity index (χ2v) is 4.64. The van der Waals surface area contributed by atoms with Gasteiger partial charge in [-0.1, -0.05) is 6.07 Å². The largest absolute Gasteiger partial charge is 0.454 e. The molecule has 0 amide bonds. The Morgan fingerprint density at radius 1 is 1.29 bits per heavy atom. The van der Waals surface area contributed by atoms with Crippen molar-refractivity contribution in [3.63, 3.8) is 0 Å². The molecule has 0 aromatic heterocycles. The second-order valence-electron chi connectivity index (χ2n) is 4.64. The van der Waals surface area contributed by atoms with Crippen LogP contribution in [0.4, 0.5) is 0 Å². The summed E-state index contributed by atoms with van der Waals surface area (Å²) in [5.74, 6) is 1.66. The molecule has 2 heterocycles. The molecule has 1 aromatic carbocycles. The van der Waals surface area contributed by atoms with E-state index in [1.807, 2.05) is 12.1 Å². The van der Waals surface area contributed by atoms with Crippen molar-refractivity contribution in [1.29, 1.82) is 0 Å². The number of nitrogens with zero attached hydrogens (tertiary/aromatic N) is 1. The Morgan fingerprint density at radius 3 is 3.06 bits per heavy atom. The SMILES string of the molecule is OC[C@@H]1CCCN1Cc1ccc2c(c1)OCO2. The lowest BCUT2D eigenvalue weighted by Crippen LogP contribution is -2.31. The first-order valence-corrected chi connectivity index (χ1v) is 6.10. The fraction of sp³-hybridized carbons (Fsp3) is 0.538. The molecular formula is C13H17NO3. The summed E-state index contributed by atoms with van der Waals surface area (Å²) in [5.41, 5.74) is 1.22. The molecule has 0 unspecified atom stereocenters. The normalized spacial score (nSPS) is 23.2. The summed E-state index contributed by atoms with van der Waals surface area (Å²) in [6.07, 6.45) is 2.27. The molecule has 1 N–H and O–H groups in total. The maximum atomic E-state index is 9.28. The van der Waals surface area contributed by atoms with Gasteiger partial charge in [0.05, 0.1) is 6.61 Å². The summed E-state index contributed by atoms with van der Waals surface area (Å²) >= 11 is 0. The van der Waals surface area contributed by atoms with Crippen molar-refractivity contribution in [2.45, 2.75) is 25.4 Å². The molecule has 1 aromatic rings. The van der Waals surface area contributed by atoms with Crippen molar-refractivity contribution >= 4 is 0 Å². The summed E-state index contributed by atoms with van der Waals surface area (Å²) in [4.78, 5) is 2.33. The fourth-order valence-electron chi connectivity index (χ4n) is 2.58. The van der Waals surface area contributed by atoms with Gasteiger partial charge >= 0.3 is 0 Å². The Balaban J connectivity index is 1.72. The summed E-state index contributed by atoms with van der Waals surface area (Å²) < 4.78 is 10.7. The van der Waals surface area contributed by atoms with Gasteiger partial charge in [-0.2, -0.15) is 0 Å². The van der Waals surface area contributed by atoms with E-state index in [0.29, 0.717) is 12.8 Å². The number of fused-ring (bicyclic) bond motifs is 1. The van der Waals surface area contributed by atoms with E-state index in [0.717, 1.165) is 31.0 Å². The third kappa shape index (κ3) is 2.10. The van der Waals surface area contributed by atoms with Gasteiger partial charge < -0.3 is 14.6 Å². The Bertz CT molecular complexity index is 408. The molecule has 0 saturated carbocycles. The third-order valence-electron chi connectivity index (χ3n) is 3.53. The van der Waals surface area contributed by atoms with Crippen LogP contribution in [0, 0.1) is 0 Å². The van der Waals surface area contributed by atoms with Gasteiger partial charge in [0.1, 0.15) is 0 Å². The second kappa shape index (κ2) is 4.55. The van der Waals surface area contributed by atoms with Crippen LogP contribution in [0.1, 0.15) is 18.4 Å². The molecule has 0 bridgehead atoms. The Labute approximate surface area is 101 Å². The van der Waals surface area contributed by atoms with Crippen LogP contribution in [-0.2, 0) is 6.54 Å². The van der Waals surface area contributed by atoms with Crippen LogP contribution in [0.2, 0.25) is 0 Å². The van der Waals surface area contributed by atoms with Crippen molar-refractivity contribution < 1.29 is 14.6 Å². The number of hydrogen-bond acceptors (Lipinski definition) is 4. The van der Waals surface area contributed by atoms with Crippen LogP contribution in [0.5, 0.6) is 11.5 Å². The molecule has 3 rings (SSSR count). The van der Waals surface area contributed by atoms with E-state index in [2.05, 4.69) is 11.0 Å². The Hall–Kier alpha value is -1.26. The lowest BCUT2D eigenvalue weighted by Gasteiger charge is -2.22. The third-order valence-corrected chi connectivity index (χ3v) is 3.53. The number of hydrogen-bond donors (Lipinski definition) is 1. The minimum absolute atomic E-state index is 0.255. The molecule has 1 saturated heterocycles. The average Bonchev–Trinajstić information content (AvgIpc) is 2.96. The molecule has 17 heavy (non-hydrogen) atoms. The first kappa shape index (κ1) is 10.9. The summed E-state index contributed by atoms with van der Waals surface area (Å²) in [6.45, 7) is 2.52. The van der Waals surface area contributed by atoms with E-state index in [4.69, 9.17) is 9.47 Å². The summed E-state index contributed by atoms with van der Waals surface area (Å²) in [7, 11) is 0. The van der Waals surface area contributed by atoms with Crippen LogP contribution in [0.3, 0.4) is 0 Å². The quantitative estimate of drug-likeness (QED) is 0.859. The molecule has 0 aliphatic carbocycles. The Kier molecular flexibility index (Phi) is 2.91. The van der Waals surface area contributed by atoms with E-state index < -0.39 is 0 Å². The van der Waals surface area contributed by atoms with Crippen LogP contribution in [0.15, 0.2) is 18.2 Å². The van der Waals surface area contributed by atoms with Crippen LogP contribution >= 0.6 is 0 Å². The number of likely N-dealkylation sites (tertiary alicyclic amines) is 1. The number of benzene rings is 1. The first-order valence-electron chi connectivity index (χ1n) is 6.10. The van der Waals surface area contributed by atoms with Gasteiger partial charge in [-0.05, 0) is 37.1 Å². The highest BCUT2D eigenvalue weighted by Gasteiger charge is 2.24. The minimum atomic E-state index is 0.255. The Morgan fingerprint density at radius 2 is 2.18 bits per heavy atom. The van der Waals surface area contributed by atoms with Crippen LogP contribution < -0.4 is 9.47 Å². The van der Waals surface area contributed by atoms with Gasteiger partial charge in [0.15, 0.2) is 11.5 Å². The predicted octanol–water partition coefficient (Wildman–Crippen LogP) is 1.37. The van der Waals surface area contributed by atoms with Crippen LogP contribution in [-0.4, -0.2) is 36.0 Å². The molecular weight excluding hydrogens is 218 g/mol. The molecule has 0 radical (unpaired) electrons. The molecule has 92 valence electrons. The van der Waals surface area contributed by atoms with E-state index in [1.54, 1.807) is 0 Å². The fourth-order valence-corrected chi connectivity index (χ4v) is 2.58. The van der Waals surface area contributed by atoms with Gasteiger partial charge in [-0.15, -0.1) is 0 Å². The number of aliphatic hydroxyl groups is 1. The highest BCUT2D eigenvalue weighted by molar-refractivity contribution is 5.44. The molecule has 1 atom stereocenters. The monoisotopic (exact) mass is 235 g/mol. The average molecular weight is 235 g/mol. The van der Waals surface area contributed by atoms with Crippen molar-refractivity contribution in [3.8, 4) is 11.5 Å². The standard InChI is InChI=1S/C13H17NO3/c15-8-11-2-1-5-14(11)7-10-3-4-12-13(6-10)17-9-16-12/h3-4,6,11,15H,1-2,5,7-9H2/t11-/m0/s1. The van der Waals surface area contributed by atoms with Gasteiger partial charge in [0.25, 0.3) is 0 Å². The molecule has 2 aliphatic heterocycles. The maximum absolute atomic E-state index is 9.28. The van der Waals surface area contributed by atoms with E-state index >= 15 is 0 Å². The van der Waals surface area contributed by atoms with Gasteiger partial charge in [-0.25, -0.2) is 0 Å². The van der Waals surface area contributed by atoms with E-state index in [-0.39, 0.29) is 6.61 Å². The molecule has 4 nitrogen and oxygen atoms in total. The zero-order chi connectivity index (χ0) is 11.7. The van der Waals surface area contributed by atoms with Gasteiger partial charge in [-0.3, -0.25) is 4.90 Å². The lowest BCUT2D eigenvalue weighted by molar-refractivity contribution is 0.153. The molecule has 0 spiro atoms. The van der Waals surface area contributed by atoms with Crippen molar-refractivity contribution in [1.82, 2.24) is 4.90 Å². The number of rotatable bonds is 3. The summed E-state index contributed by atoms with van der Waals surface area (Å²) in [6, 6.07) is 6.39. The van der Waals surface area contributed by atoms with Gasteiger partial charge in [0, 0.05) is 12.6 Å². The maximum Gasteiger partial charge on any atom is 0.231 e. The van der Waals surface area contributed by atoms with Crippen LogP contribution in [0.25, 0.3) is 0 Å². The van der Waals surface area contributed by atoms with Crippen molar-refractivity contribution in [2.75, 3.05) is 19.9 Å². The molecule has 4 heteroatoms. The highest BCUT2D eigenvalue weighted by atomic mass is 16.7. The summed E-state index contributed by atoms with van der Waals surface area (Å²) in [5, 5.41) is 9.28. The first-order chi connectivity index (χ1) is 8.36. The van der Waals surface area contributed by atoms with E-state index in [1.165, 1.54) is 12.0 Å². The zero-order valence-electron chi connectivity index (χ0n) is 9.76. The highest BCUT2D eigenvalue weighted by Crippen LogP contribution is 2.33. The molecule has 2 aliphatic rings. The van der Waals surface area contributed by atoms with Gasteiger partial charge in [0.2, 0.25) is 6.79 Å². The zero-order valence-corrected chi connectivity index (χ0v) is 9.76. The predicted molar refractivity (Wildman–Crippen MR) is 63.1 cm³/mol. The van der Waals surface area contributed by atoms with E-state index in [9.17, 15) is 5.11 Å². The minimum Gasteiger partial charge on any atom is -0.454 e. The number of aliphatic hydroxyl groups excluding tert-OH is 1. The number of ether oxygens (including phenoxy) is 2. The lowest BCUT2D eigenvalue weighted by atomic mass is 10.1. The molecule has 1 fully saturated rings. The van der Waals surface area contributed by atoms with Crippen molar-refractivity contribution in [3.05, 3.63) is 23.8 Å².